The van der Waals surface area contributed by atoms with Gasteiger partial charge in [-0.05, 0) is 29.8 Å². The molecule has 3 nitrogen and oxygen atoms in total. The van der Waals surface area contributed by atoms with Crippen LogP contribution in [0.5, 0.6) is 0 Å². The zero-order chi connectivity index (χ0) is 13.6. The van der Waals surface area contributed by atoms with E-state index in [1.807, 2.05) is 17.8 Å². The Morgan fingerprint density at radius 3 is 2.84 bits per heavy atom. The topological polar surface area (TPSA) is 30.7 Å². The molecule has 19 heavy (non-hydrogen) atoms. The lowest BCUT2D eigenvalue weighted by Crippen LogP contribution is -1.88. The quantitative estimate of drug-likeness (QED) is 0.633. The third kappa shape index (κ3) is 2.07. The van der Waals surface area contributed by atoms with Crippen LogP contribution in [0.3, 0.4) is 0 Å². The van der Waals surface area contributed by atoms with Gasteiger partial charge in [0.2, 0.25) is 5.28 Å². The van der Waals surface area contributed by atoms with Crippen LogP contribution >= 0.6 is 23.2 Å². The first-order valence-corrected chi connectivity index (χ1v) is 6.25. The average molecular weight is 296 g/mol. The molecule has 0 bridgehead atoms. The van der Waals surface area contributed by atoms with Crippen molar-refractivity contribution in [3.05, 3.63) is 46.7 Å². The van der Waals surface area contributed by atoms with Gasteiger partial charge in [0.15, 0.2) is 0 Å². The number of rotatable bonds is 1. The van der Waals surface area contributed by atoms with Crippen LogP contribution in [0.2, 0.25) is 10.3 Å². The van der Waals surface area contributed by atoms with Gasteiger partial charge in [0, 0.05) is 29.7 Å². The molecule has 2 heterocycles. The Morgan fingerprint density at radius 2 is 2.05 bits per heavy atom. The number of aromatic nitrogens is 3. The second kappa shape index (κ2) is 4.47. The zero-order valence-electron chi connectivity index (χ0n) is 9.86. The lowest BCUT2D eigenvalue weighted by molar-refractivity contribution is 0.629. The highest BCUT2D eigenvalue weighted by molar-refractivity contribution is 6.34. The molecule has 0 amide bonds. The molecule has 96 valence electrons. The third-order valence-corrected chi connectivity index (χ3v) is 3.38. The summed E-state index contributed by atoms with van der Waals surface area (Å²) < 4.78 is 15.3. The third-order valence-electron chi connectivity index (χ3n) is 2.92. The van der Waals surface area contributed by atoms with Crippen LogP contribution in [0.4, 0.5) is 4.39 Å². The lowest BCUT2D eigenvalue weighted by atomic mass is 10.1. The van der Waals surface area contributed by atoms with Gasteiger partial charge in [-0.1, -0.05) is 11.6 Å². The summed E-state index contributed by atoms with van der Waals surface area (Å²) >= 11 is 11.9. The fourth-order valence-corrected chi connectivity index (χ4v) is 2.41. The van der Waals surface area contributed by atoms with Crippen LogP contribution in [-0.2, 0) is 7.05 Å². The molecule has 0 aliphatic carbocycles. The van der Waals surface area contributed by atoms with E-state index < -0.39 is 0 Å². The van der Waals surface area contributed by atoms with Crippen molar-refractivity contribution in [1.29, 1.82) is 0 Å². The minimum atomic E-state index is -0.309. The summed E-state index contributed by atoms with van der Waals surface area (Å²) in [6, 6.07) is 4.59. The first-order valence-electron chi connectivity index (χ1n) is 5.49. The van der Waals surface area contributed by atoms with Crippen molar-refractivity contribution in [2.45, 2.75) is 0 Å². The van der Waals surface area contributed by atoms with E-state index >= 15 is 0 Å². The SMILES string of the molecule is Cn1cc(-c2nc(Cl)ncc2Cl)c2cc(F)ccc21. The molecular formula is C13H8Cl2FN3. The molecular weight excluding hydrogens is 288 g/mol. The van der Waals surface area contributed by atoms with E-state index in [4.69, 9.17) is 23.2 Å². The minimum absolute atomic E-state index is 0.104. The standard InChI is InChI=1S/C13H8Cl2FN3/c1-19-6-9(8-4-7(16)2-3-11(8)19)12-10(14)5-17-13(15)18-12/h2-6H,1H3. The second-order valence-corrected chi connectivity index (χ2v) is 4.90. The van der Waals surface area contributed by atoms with Gasteiger partial charge in [-0.25, -0.2) is 14.4 Å². The van der Waals surface area contributed by atoms with Crippen LogP contribution in [0, 0.1) is 5.82 Å². The van der Waals surface area contributed by atoms with E-state index in [0.29, 0.717) is 10.7 Å². The molecule has 0 N–H and O–H groups in total. The Hall–Kier alpha value is -1.65. The molecule has 2 aromatic heterocycles. The van der Waals surface area contributed by atoms with Crippen molar-refractivity contribution < 1.29 is 4.39 Å². The Labute approximate surface area is 118 Å². The van der Waals surface area contributed by atoms with Gasteiger partial charge in [0.1, 0.15) is 5.82 Å². The summed E-state index contributed by atoms with van der Waals surface area (Å²) in [4.78, 5) is 7.93. The van der Waals surface area contributed by atoms with Gasteiger partial charge >= 0.3 is 0 Å². The Kier molecular flexibility index (Phi) is 2.92. The maximum atomic E-state index is 13.4. The second-order valence-electron chi connectivity index (χ2n) is 4.15. The van der Waals surface area contributed by atoms with Crippen LogP contribution in [0.15, 0.2) is 30.6 Å². The number of nitrogens with zero attached hydrogens (tertiary/aromatic N) is 3. The molecule has 0 spiro atoms. The largest absolute Gasteiger partial charge is 0.350 e. The van der Waals surface area contributed by atoms with Crippen molar-refractivity contribution in [2.24, 2.45) is 7.05 Å². The van der Waals surface area contributed by atoms with Crippen molar-refractivity contribution in [1.82, 2.24) is 14.5 Å². The highest BCUT2D eigenvalue weighted by Crippen LogP contribution is 2.33. The van der Waals surface area contributed by atoms with Crippen LogP contribution < -0.4 is 0 Å². The van der Waals surface area contributed by atoms with Gasteiger partial charge in [-0.15, -0.1) is 0 Å². The number of fused-ring (bicyclic) bond motifs is 1. The first-order chi connectivity index (χ1) is 9.06. The van der Waals surface area contributed by atoms with Gasteiger partial charge in [-0.2, -0.15) is 0 Å². The summed E-state index contributed by atoms with van der Waals surface area (Å²) in [5, 5.41) is 1.22. The smallest absolute Gasteiger partial charge is 0.222 e. The first kappa shape index (κ1) is 12.4. The normalized spacial score (nSPS) is 11.2. The predicted molar refractivity (Wildman–Crippen MR) is 73.9 cm³/mol. The summed E-state index contributed by atoms with van der Waals surface area (Å²) in [5.41, 5.74) is 2.12. The molecule has 0 saturated heterocycles. The Balaban J connectivity index is 2.36. The molecule has 0 fully saturated rings. The van der Waals surface area contributed by atoms with E-state index in [-0.39, 0.29) is 11.1 Å². The van der Waals surface area contributed by atoms with E-state index in [1.165, 1.54) is 18.3 Å². The molecule has 6 heteroatoms. The van der Waals surface area contributed by atoms with Crippen LogP contribution in [0.25, 0.3) is 22.2 Å². The van der Waals surface area contributed by atoms with Gasteiger partial charge in [-0.3, -0.25) is 0 Å². The maximum Gasteiger partial charge on any atom is 0.222 e. The molecule has 3 rings (SSSR count). The highest BCUT2D eigenvalue weighted by atomic mass is 35.5. The number of halogens is 3. The van der Waals surface area contributed by atoms with Crippen molar-refractivity contribution in [2.75, 3.05) is 0 Å². The summed E-state index contributed by atoms with van der Waals surface area (Å²) in [6.07, 6.45) is 3.28. The molecule has 3 aromatic rings. The van der Waals surface area contributed by atoms with Crippen molar-refractivity contribution in [3.8, 4) is 11.3 Å². The monoisotopic (exact) mass is 295 g/mol. The van der Waals surface area contributed by atoms with Gasteiger partial charge in [0.25, 0.3) is 0 Å². The maximum absolute atomic E-state index is 13.4. The molecule has 0 atom stereocenters. The summed E-state index contributed by atoms with van der Waals surface area (Å²) in [7, 11) is 1.88. The fraction of sp³-hybridized carbons (Fsp3) is 0.0769. The highest BCUT2D eigenvalue weighted by Gasteiger charge is 2.14. The zero-order valence-corrected chi connectivity index (χ0v) is 11.4. The molecule has 0 aliphatic heterocycles. The number of hydrogen-bond acceptors (Lipinski definition) is 2. The Morgan fingerprint density at radius 1 is 1.26 bits per heavy atom. The number of benzene rings is 1. The molecule has 0 saturated carbocycles. The van der Waals surface area contributed by atoms with E-state index in [2.05, 4.69) is 9.97 Å². The van der Waals surface area contributed by atoms with Gasteiger partial charge in [0.05, 0.1) is 16.9 Å². The molecule has 0 radical (unpaired) electrons. The molecule has 0 aliphatic rings. The van der Waals surface area contributed by atoms with E-state index in [0.717, 1.165) is 16.5 Å². The molecule has 1 aromatic carbocycles. The lowest BCUT2D eigenvalue weighted by Gasteiger charge is -2.02. The van der Waals surface area contributed by atoms with Crippen molar-refractivity contribution >= 4 is 34.1 Å². The predicted octanol–water partition coefficient (Wildman–Crippen LogP) is 4.08. The minimum Gasteiger partial charge on any atom is -0.350 e. The van der Waals surface area contributed by atoms with E-state index in [1.54, 1.807) is 6.07 Å². The molecule has 0 unspecified atom stereocenters. The Bertz CT molecular complexity index is 783. The van der Waals surface area contributed by atoms with Crippen molar-refractivity contribution in [3.63, 3.8) is 0 Å². The van der Waals surface area contributed by atoms with Crippen LogP contribution in [0.1, 0.15) is 0 Å². The number of hydrogen-bond donors (Lipinski definition) is 0. The summed E-state index contributed by atoms with van der Waals surface area (Å²) in [6.45, 7) is 0. The van der Waals surface area contributed by atoms with E-state index in [9.17, 15) is 4.39 Å². The number of aryl methyl sites for hydroxylation is 1. The van der Waals surface area contributed by atoms with Crippen LogP contribution in [-0.4, -0.2) is 14.5 Å². The average Bonchev–Trinajstić information content (AvgIpc) is 2.69. The summed E-state index contributed by atoms with van der Waals surface area (Å²) in [5.74, 6) is -0.309. The fourth-order valence-electron chi connectivity index (χ4n) is 2.09. The van der Waals surface area contributed by atoms with Gasteiger partial charge < -0.3 is 4.57 Å².